The summed E-state index contributed by atoms with van der Waals surface area (Å²) >= 11 is 8.08. The molecule has 0 radical (unpaired) electrons. The summed E-state index contributed by atoms with van der Waals surface area (Å²) in [5, 5.41) is 0. The molecule has 1 saturated heterocycles. The zero-order valence-corrected chi connectivity index (χ0v) is 30.3. The van der Waals surface area contributed by atoms with Crippen molar-refractivity contribution in [3.05, 3.63) is 73.1 Å². The molecule has 254 valence electrons. The molecular formula is C37H43N3O5S3. The molecule has 3 heterocycles. The van der Waals surface area contributed by atoms with E-state index in [4.69, 9.17) is 21.7 Å². The van der Waals surface area contributed by atoms with Gasteiger partial charge >= 0.3 is 5.97 Å². The Morgan fingerprint density at radius 1 is 1.02 bits per heavy atom. The molecule has 3 aromatic rings. The van der Waals surface area contributed by atoms with E-state index in [0.717, 1.165) is 49.1 Å². The number of unbranched alkanes of at least 4 members (excludes halogenated alkanes) is 5. The molecule has 2 atom stereocenters. The Balaban J connectivity index is 1.35. The van der Waals surface area contributed by atoms with Gasteiger partial charge in [0.1, 0.15) is 26.2 Å². The quantitative estimate of drug-likeness (QED) is 0.115. The predicted molar refractivity (Wildman–Crippen MR) is 199 cm³/mol. The Kier molecular flexibility index (Phi) is 11.1. The van der Waals surface area contributed by atoms with E-state index in [-0.39, 0.29) is 24.6 Å². The van der Waals surface area contributed by atoms with Crippen LogP contribution in [0.25, 0.3) is 11.0 Å². The summed E-state index contributed by atoms with van der Waals surface area (Å²) in [6.07, 6.45) is 12.0. The van der Waals surface area contributed by atoms with Gasteiger partial charge in [-0.2, -0.15) is 0 Å². The molecule has 2 aromatic carbocycles. The van der Waals surface area contributed by atoms with E-state index in [1.54, 1.807) is 18.9 Å². The van der Waals surface area contributed by atoms with Crippen molar-refractivity contribution in [2.24, 2.45) is 0 Å². The summed E-state index contributed by atoms with van der Waals surface area (Å²) in [7, 11) is 1.68. The number of hydrogen-bond donors (Lipinski definition) is 0. The summed E-state index contributed by atoms with van der Waals surface area (Å²) in [6, 6.07) is 15.0. The molecule has 1 aliphatic carbocycles. The molecule has 8 nitrogen and oxygen atoms in total. The third-order valence-electron chi connectivity index (χ3n) is 9.45. The lowest BCUT2D eigenvalue weighted by molar-refractivity contribution is -0.143. The van der Waals surface area contributed by atoms with Crippen LogP contribution in [0.4, 0.5) is 11.4 Å². The number of hydrogen-bond acceptors (Lipinski definition) is 9. The SMILES string of the molecule is CCCCCCCCN1C(=O)/C(=c2\s/c(=C/c3ccc4c(c3)C3CCCC3N4c3ccc(OC)cc3)c(=O)n2CC(=O)OCC)SC1=S. The first kappa shape index (κ1) is 34.5. The maximum Gasteiger partial charge on any atom is 0.326 e. The smallest absolute Gasteiger partial charge is 0.326 e. The predicted octanol–water partition coefficient (Wildman–Crippen LogP) is 6.43. The number of rotatable bonds is 13. The number of carbonyl (C=O) groups excluding carboxylic acids is 2. The molecule has 1 aromatic heterocycles. The highest BCUT2D eigenvalue weighted by molar-refractivity contribution is 8.30. The van der Waals surface area contributed by atoms with Crippen molar-refractivity contribution >= 4 is 73.9 Å². The standard InChI is InChI=1S/C37H43N3O5S3/c1-4-6-7-8-9-10-20-38-35(43)33(48-37(38)46)36-39(23-32(41)45-5-2)34(42)31(47-36)22-24-14-19-30-28(21-24)27-12-11-13-29(27)40(30)25-15-17-26(44-3)18-16-25/h14-19,21-22,27,29H,4-13,20,23H2,1-3H3/b31-22+,36-33+. The van der Waals surface area contributed by atoms with Crippen molar-refractivity contribution < 1.29 is 19.1 Å². The minimum Gasteiger partial charge on any atom is -0.497 e. The number of aromatic nitrogens is 1. The number of anilines is 2. The van der Waals surface area contributed by atoms with Crippen molar-refractivity contribution in [3.8, 4) is 5.75 Å². The average Bonchev–Trinajstić information content (AvgIpc) is 3.82. The molecule has 0 N–H and O–H groups in total. The highest BCUT2D eigenvalue weighted by Gasteiger charge is 2.42. The lowest BCUT2D eigenvalue weighted by Gasteiger charge is -2.27. The molecule has 2 fully saturated rings. The molecule has 1 saturated carbocycles. The van der Waals surface area contributed by atoms with Crippen LogP contribution < -0.4 is 24.4 Å². The number of nitrogens with zero attached hydrogens (tertiary/aromatic N) is 3. The van der Waals surface area contributed by atoms with Gasteiger partial charge in [0.25, 0.3) is 11.5 Å². The molecule has 11 heteroatoms. The molecule has 3 aliphatic rings. The van der Waals surface area contributed by atoms with Crippen LogP contribution >= 0.6 is 35.3 Å². The fourth-order valence-corrected chi connectivity index (χ4v) is 9.70. The van der Waals surface area contributed by atoms with E-state index in [2.05, 4.69) is 36.1 Å². The van der Waals surface area contributed by atoms with Crippen LogP contribution in [0, 0.1) is 0 Å². The van der Waals surface area contributed by atoms with Gasteiger partial charge in [0.15, 0.2) is 0 Å². The third kappa shape index (κ3) is 7.00. The van der Waals surface area contributed by atoms with Gasteiger partial charge in [-0.05, 0) is 79.8 Å². The first-order valence-corrected chi connectivity index (χ1v) is 19.1. The van der Waals surface area contributed by atoms with Gasteiger partial charge in [-0.3, -0.25) is 23.9 Å². The van der Waals surface area contributed by atoms with Gasteiger partial charge in [-0.15, -0.1) is 11.3 Å². The summed E-state index contributed by atoms with van der Waals surface area (Å²) < 4.78 is 13.4. The Bertz CT molecular complexity index is 1870. The second-order valence-electron chi connectivity index (χ2n) is 12.5. The topological polar surface area (TPSA) is 81.1 Å². The number of thiazole rings is 1. The molecule has 1 amide bonds. The zero-order chi connectivity index (χ0) is 33.8. The van der Waals surface area contributed by atoms with E-state index in [0.29, 0.717) is 36.9 Å². The number of carbonyl (C=O) groups is 2. The van der Waals surface area contributed by atoms with Crippen molar-refractivity contribution in [2.45, 2.75) is 90.1 Å². The van der Waals surface area contributed by atoms with Crippen molar-refractivity contribution in [1.82, 2.24) is 9.47 Å². The first-order chi connectivity index (χ1) is 23.3. The lowest BCUT2D eigenvalue weighted by Crippen LogP contribution is -2.36. The van der Waals surface area contributed by atoms with Crippen molar-refractivity contribution in [2.75, 3.05) is 25.2 Å². The number of benzene rings is 2. The Morgan fingerprint density at radius 2 is 1.79 bits per heavy atom. The maximum atomic E-state index is 13.9. The van der Waals surface area contributed by atoms with Crippen LogP contribution in [-0.4, -0.2) is 52.0 Å². The second kappa shape index (κ2) is 15.4. The summed E-state index contributed by atoms with van der Waals surface area (Å²) in [5.74, 6) is 0.526. The number of amides is 1. The van der Waals surface area contributed by atoms with Gasteiger partial charge in [-0.1, -0.05) is 75.5 Å². The third-order valence-corrected chi connectivity index (χ3v) is 12.1. The number of thioether (sulfide) groups is 1. The molecule has 2 unspecified atom stereocenters. The highest BCUT2D eigenvalue weighted by atomic mass is 32.2. The molecule has 2 aliphatic heterocycles. The van der Waals surface area contributed by atoms with E-state index in [9.17, 15) is 14.4 Å². The normalized spacial score (nSPS) is 20.1. The maximum absolute atomic E-state index is 13.9. The summed E-state index contributed by atoms with van der Waals surface area (Å²) in [5.41, 5.74) is 4.23. The van der Waals surface area contributed by atoms with Crippen LogP contribution in [0.2, 0.25) is 0 Å². The zero-order valence-electron chi connectivity index (χ0n) is 27.9. The molecule has 48 heavy (non-hydrogen) atoms. The Labute approximate surface area is 295 Å². The number of fused-ring (bicyclic) bond motifs is 3. The van der Waals surface area contributed by atoms with Crippen molar-refractivity contribution in [1.29, 1.82) is 0 Å². The monoisotopic (exact) mass is 705 g/mol. The van der Waals surface area contributed by atoms with E-state index < -0.39 is 5.97 Å². The Morgan fingerprint density at radius 3 is 2.54 bits per heavy atom. The number of esters is 1. The van der Waals surface area contributed by atoms with Crippen LogP contribution in [0.3, 0.4) is 0 Å². The average molecular weight is 706 g/mol. The fraction of sp³-hybridized carbons (Fsp3) is 0.459. The van der Waals surface area contributed by atoms with Crippen LogP contribution in [-0.2, 0) is 20.9 Å². The molecule has 0 spiro atoms. The van der Waals surface area contributed by atoms with Crippen molar-refractivity contribution in [3.63, 3.8) is 0 Å². The molecule has 6 rings (SSSR count). The Hall–Kier alpha value is -3.41. The largest absolute Gasteiger partial charge is 0.497 e. The summed E-state index contributed by atoms with van der Waals surface area (Å²) in [4.78, 5) is 44.7. The van der Waals surface area contributed by atoms with E-state index in [1.165, 1.54) is 64.6 Å². The lowest BCUT2D eigenvalue weighted by atomic mass is 9.96. The van der Waals surface area contributed by atoms with Gasteiger partial charge in [0, 0.05) is 29.9 Å². The summed E-state index contributed by atoms with van der Waals surface area (Å²) in [6.45, 7) is 4.42. The van der Waals surface area contributed by atoms with Gasteiger partial charge in [0.05, 0.1) is 18.2 Å². The number of ether oxygens (including phenoxy) is 2. The number of thiocarbonyl (C=S) groups is 1. The van der Waals surface area contributed by atoms with E-state index >= 15 is 0 Å². The van der Waals surface area contributed by atoms with Crippen LogP contribution in [0.5, 0.6) is 5.75 Å². The number of methoxy groups -OCH3 is 1. The first-order valence-electron chi connectivity index (χ1n) is 17.1. The minimum absolute atomic E-state index is 0.201. The second-order valence-corrected chi connectivity index (χ2v) is 15.2. The van der Waals surface area contributed by atoms with Crippen LogP contribution in [0.15, 0.2) is 47.3 Å². The van der Waals surface area contributed by atoms with Crippen LogP contribution in [0.1, 0.15) is 88.7 Å². The fourth-order valence-electron chi connectivity index (χ4n) is 7.13. The van der Waals surface area contributed by atoms with Gasteiger partial charge in [-0.25, -0.2) is 0 Å². The highest BCUT2D eigenvalue weighted by Crippen LogP contribution is 2.52. The molecule has 0 bridgehead atoms. The minimum atomic E-state index is -0.517. The molecular weight excluding hydrogens is 663 g/mol. The van der Waals surface area contributed by atoms with Gasteiger partial charge < -0.3 is 14.4 Å². The van der Waals surface area contributed by atoms with Gasteiger partial charge in [0.2, 0.25) is 0 Å². The van der Waals surface area contributed by atoms with E-state index in [1.807, 2.05) is 24.3 Å².